The van der Waals surface area contributed by atoms with Crippen LogP contribution < -0.4 is 15.0 Å². The summed E-state index contributed by atoms with van der Waals surface area (Å²) in [6.45, 7) is 5.10. The van der Waals surface area contributed by atoms with Crippen molar-refractivity contribution in [2.24, 2.45) is 0 Å². The van der Waals surface area contributed by atoms with E-state index in [0.717, 1.165) is 11.3 Å². The van der Waals surface area contributed by atoms with Crippen LogP contribution >= 0.6 is 0 Å². The molecule has 0 unspecified atom stereocenters. The maximum Gasteiger partial charge on any atom is 0.271 e. The highest BCUT2D eigenvalue weighted by molar-refractivity contribution is 5.96. The van der Waals surface area contributed by atoms with Crippen LogP contribution in [0.2, 0.25) is 0 Å². The van der Waals surface area contributed by atoms with Crippen molar-refractivity contribution in [1.29, 1.82) is 0 Å². The van der Waals surface area contributed by atoms with Crippen LogP contribution in [-0.4, -0.2) is 49.5 Å². The Kier molecular flexibility index (Phi) is 7.55. The van der Waals surface area contributed by atoms with Crippen LogP contribution in [0.25, 0.3) is 0 Å². The molecule has 0 fully saturated rings. The fraction of sp³-hybridized carbons (Fsp3) is 0.381. The number of ether oxygens (including phenoxy) is 1. The third kappa shape index (κ3) is 5.68. The second kappa shape index (κ2) is 9.88. The van der Waals surface area contributed by atoms with Gasteiger partial charge in [-0.15, -0.1) is 0 Å². The Morgan fingerprint density at radius 1 is 1.21 bits per heavy atom. The molecule has 0 saturated heterocycles. The molecule has 2 aromatic rings. The molecule has 0 spiro atoms. The first-order valence-corrected chi connectivity index (χ1v) is 9.40. The van der Waals surface area contributed by atoms with Crippen LogP contribution in [0.4, 0.5) is 17.1 Å². The summed E-state index contributed by atoms with van der Waals surface area (Å²) >= 11 is 0. The van der Waals surface area contributed by atoms with E-state index >= 15 is 0 Å². The van der Waals surface area contributed by atoms with Gasteiger partial charge in [0.15, 0.2) is 0 Å². The molecular weight excluding hydrogens is 372 g/mol. The van der Waals surface area contributed by atoms with Gasteiger partial charge >= 0.3 is 0 Å². The van der Waals surface area contributed by atoms with E-state index in [1.807, 2.05) is 62.0 Å². The van der Waals surface area contributed by atoms with Crippen molar-refractivity contribution in [2.45, 2.75) is 26.4 Å². The van der Waals surface area contributed by atoms with Gasteiger partial charge in [-0.05, 0) is 37.2 Å². The second-order valence-electron chi connectivity index (χ2n) is 6.93. The highest BCUT2D eigenvalue weighted by Crippen LogP contribution is 2.29. The molecule has 8 heteroatoms. The van der Waals surface area contributed by atoms with Gasteiger partial charge in [0.05, 0.1) is 23.8 Å². The standard InChI is InChI=1S/C21H28N4O4/c1-6-24(14-16-7-9-17(10-8-16)23(3)4)15(2)21(26)22-19-13-18(25(27)28)11-12-20(19)29-5/h7-13,15H,6,14H2,1-5H3,(H,22,26)/t15-/m1/s1. The van der Waals surface area contributed by atoms with Crippen molar-refractivity contribution >= 4 is 23.0 Å². The molecule has 0 radical (unpaired) electrons. The molecule has 1 N–H and O–H groups in total. The average Bonchev–Trinajstić information content (AvgIpc) is 2.71. The molecule has 29 heavy (non-hydrogen) atoms. The topological polar surface area (TPSA) is 88.0 Å². The summed E-state index contributed by atoms with van der Waals surface area (Å²) in [5.74, 6) is 0.119. The van der Waals surface area contributed by atoms with E-state index in [-0.39, 0.29) is 17.3 Å². The minimum absolute atomic E-state index is 0.109. The van der Waals surface area contributed by atoms with Crippen LogP contribution in [0.3, 0.4) is 0 Å². The molecule has 2 rings (SSSR count). The van der Waals surface area contributed by atoms with E-state index in [2.05, 4.69) is 5.32 Å². The maximum atomic E-state index is 12.8. The number of carbonyl (C=O) groups excluding carboxylic acids is 1. The lowest BCUT2D eigenvalue weighted by atomic mass is 10.1. The monoisotopic (exact) mass is 400 g/mol. The summed E-state index contributed by atoms with van der Waals surface area (Å²) in [7, 11) is 5.43. The molecule has 8 nitrogen and oxygen atoms in total. The molecule has 0 bridgehead atoms. The van der Waals surface area contributed by atoms with Gasteiger partial charge in [-0.25, -0.2) is 0 Å². The fourth-order valence-electron chi connectivity index (χ4n) is 2.97. The van der Waals surface area contributed by atoms with E-state index in [0.29, 0.717) is 18.8 Å². The SMILES string of the molecule is CCN(Cc1ccc(N(C)C)cc1)[C@H](C)C(=O)Nc1cc([N+](=O)[O-])ccc1OC. The van der Waals surface area contributed by atoms with Crippen LogP contribution in [0.15, 0.2) is 42.5 Å². The minimum Gasteiger partial charge on any atom is -0.495 e. The van der Waals surface area contributed by atoms with Gasteiger partial charge < -0.3 is 15.0 Å². The first-order chi connectivity index (χ1) is 13.8. The molecular formula is C21H28N4O4. The minimum atomic E-state index is -0.506. The van der Waals surface area contributed by atoms with Crippen molar-refractivity contribution in [2.75, 3.05) is 38.0 Å². The third-order valence-electron chi connectivity index (χ3n) is 4.82. The van der Waals surface area contributed by atoms with Crippen molar-refractivity contribution in [1.82, 2.24) is 4.90 Å². The quantitative estimate of drug-likeness (QED) is 0.512. The molecule has 0 aliphatic carbocycles. The van der Waals surface area contributed by atoms with E-state index in [4.69, 9.17) is 4.74 Å². The Morgan fingerprint density at radius 3 is 2.38 bits per heavy atom. The molecule has 156 valence electrons. The highest BCUT2D eigenvalue weighted by atomic mass is 16.6. The first-order valence-electron chi connectivity index (χ1n) is 9.40. The number of nitrogens with zero attached hydrogens (tertiary/aromatic N) is 3. The average molecular weight is 400 g/mol. The summed E-state index contributed by atoms with van der Waals surface area (Å²) in [5, 5.41) is 13.8. The molecule has 1 amide bonds. The number of amides is 1. The number of non-ortho nitro benzene ring substituents is 1. The van der Waals surface area contributed by atoms with E-state index in [1.165, 1.54) is 25.3 Å². The number of methoxy groups -OCH3 is 1. The second-order valence-corrected chi connectivity index (χ2v) is 6.93. The number of rotatable bonds is 9. The third-order valence-corrected chi connectivity index (χ3v) is 4.82. The van der Waals surface area contributed by atoms with Gasteiger partial charge in [-0.3, -0.25) is 19.8 Å². The molecule has 1 atom stereocenters. The van der Waals surface area contributed by atoms with Crippen molar-refractivity contribution in [3.05, 3.63) is 58.1 Å². The number of hydrogen-bond acceptors (Lipinski definition) is 6. The number of nitro benzene ring substituents is 1. The Bertz CT molecular complexity index is 852. The van der Waals surface area contributed by atoms with Crippen LogP contribution in [0.1, 0.15) is 19.4 Å². The van der Waals surface area contributed by atoms with Crippen LogP contribution in [0, 0.1) is 10.1 Å². The predicted octanol–water partition coefficient (Wildman–Crippen LogP) is 3.52. The largest absolute Gasteiger partial charge is 0.495 e. The van der Waals surface area contributed by atoms with Gasteiger partial charge in [0.2, 0.25) is 5.91 Å². The van der Waals surface area contributed by atoms with Gasteiger partial charge in [-0.2, -0.15) is 0 Å². The van der Waals surface area contributed by atoms with Crippen molar-refractivity contribution in [3.63, 3.8) is 0 Å². The highest BCUT2D eigenvalue weighted by Gasteiger charge is 2.22. The number of carbonyl (C=O) groups is 1. The van der Waals surface area contributed by atoms with Gasteiger partial charge in [0.1, 0.15) is 5.75 Å². The van der Waals surface area contributed by atoms with Crippen LogP contribution in [-0.2, 0) is 11.3 Å². The number of hydrogen-bond donors (Lipinski definition) is 1. The van der Waals surface area contributed by atoms with Crippen molar-refractivity contribution < 1.29 is 14.5 Å². The van der Waals surface area contributed by atoms with Gasteiger partial charge in [0, 0.05) is 38.5 Å². The van der Waals surface area contributed by atoms with E-state index in [1.54, 1.807) is 0 Å². The predicted molar refractivity (Wildman–Crippen MR) is 115 cm³/mol. The summed E-state index contributed by atoms with van der Waals surface area (Å²) in [5.41, 5.74) is 2.39. The summed E-state index contributed by atoms with van der Waals surface area (Å²) < 4.78 is 5.22. The maximum absolute atomic E-state index is 12.8. The lowest BCUT2D eigenvalue weighted by Crippen LogP contribution is -2.41. The number of nitrogens with one attached hydrogen (secondary N) is 1. The number of likely N-dealkylation sites (N-methyl/N-ethyl adjacent to an activating group) is 1. The Hall–Kier alpha value is -3.13. The van der Waals surface area contributed by atoms with Crippen molar-refractivity contribution in [3.8, 4) is 5.75 Å². The normalized spacial score (nSPS) is 11.8. The number of anilines is 2. The first kappa shape index (κ1) is 22.2. The van der Waals surface area contributed by atoms with E-state index in [9.17, 15) is 14.9 Å². The molecule has 0 aliphatic rings. The molecule has 2 aromatic carbocycles. The van der Waals surface area contributed by atoms with Gasteiger partial charge in [-0.1, -0.05) is 19.1 Å². The number of benzene rings is 2. The zero-order valence-corrected chi connectivity index (χ0v) is 17.5. The summed E-state index contributed by atoms with van der Waals surface area (Å²) in [4.78, 5) is 27.4. The molecule has 0 aromatic heterocycles. The van der Waals surface area contributed by atoms with E-state index < -0.39 is 11.0 Å². The van der Waals surface area contributed by atoms with Crippen LogP contribution in [0.5, 0.6) is 5.75 Å². The fourth-order valence-corrected chi connectivity index (χ4v) is 2.97. The lowest BCUT2D eigenvalue weighted by Gasteiger charge is -2.27. The zero-order chi connectivity index (χ0) is 21.6. The Balaban J connectivity index is 2.13. The number of nitro groups is 1. The Labute approximate surface area is 171 Å². The molecule has 0 aliphatic heterocycles. The van der Waals surface area contributed by atoms with Gasteiger partial charge in [0.25, 0.3) is 5.69 Å². The summed E-state index contributed by atoms with van der Waals surface area (Å²) in [6.07, 6.45) is 0. The lowest BCUT2D eigenvalue weighted by molar-refractivity contribution is -0.384. The molecule has 0 heterocycles. The smallest absolute Gasteiger partial charge is 0.271 e. The molecule has 0 saturated carbocycles. The zero-order valence-electron chi connectivity index (χ0n) is 17.5. The Morgan fingerprint density at radius 2 is 1.86 bits per heavy atom. The summed E-state index contributed by atoms with van der Waals surface area (Å²) in [6, 6.07) is 11.9.